The van der Waals surface area contributed by atoms with Gasteiger partial charge in [0.05, 0.1) is 31.2 Å². The second-order valence-corrected chi connectivity index (χ2v) is 14.1. The molecule has 0 unspecified atom stereocenters. The molecule has 0 radical (unpaired) electrons. The van der Waals surface area contributed by atoms with Gasteiger partial charge in [0.1, 0.15) is 11.2 Å². The van der Waals surface area contributed by atoms with Gasteiger partial charge in [-0.15, -0.1) is 0 Å². The van der Waals surface area contributed by atoms with Crippen LogP contribution in [0.25, 0.3) is 0 Å². The summed E-state index contributed by atoms with van der Waals surface area (Å²) in [6.07, 6.45) is 3.33. The Morgan fingerprint density at radius 1 is 0.766 bits per heavy atom. The highest BCUT2D eigenvalue weighted by molar-refractivity contribution is 5.78. The summed E-state index contributed by atoms with van der Waals surface area (Å²) in [6, 6.07) is 10.0. The summed E-state index contributed by atoms with van der Waals surface area (Å²) in [5.41, 5.74) is -0.416. The van der Waals surface area contributed by atoms with E-state index in [1.165, 1.54) is 0 Å². The molecule has 2 aliphatic heterocycles. The predicted octanol–water partition coefficient (Wildman–Crippen LogP) is 6.76. The molecule has 266 valence electrons. The fourth-order valence-electron chi connectivity index (χ4n) is 5.45. The van der Waals surface area contributed by atoms with Crippen LogP contribution in [0.2, 0.25) is 0 Å². The fourth-order valence-corrected chi connectivity index (χ4v) is 5.45. The van der Waals surface area contributed by atoms with Crippen LogP contribution in [-0.4, -0.2) is 91.1 Å². The van der Waals surface area contributed by atoms with Crippen molar-refractivity contribution in [2.45, 2.75) is 112 Å². The van der Waals surface area contributed by atoms with Gasteiger partial charge in [-0.1, -0.05) is 30.3 Å². The monoisotopic (exact) mass is 662 g/mol. The number of hydrogen-bond acceptors (Lipinski definition) is 9. The summed E-state index contributed by atoms with van der Waals surface area (Å²) in [5.74, 6) is -0.392. The van der Waals surface area contributed by atoms with Crippen molar-refractivity contribution in [2.75, 3.05) is 46.0 Å². The zero-order valence-corrected chi connectivity index (χ0v) is 29.9. The van der Waals surface area contributed by atoms with Crippen LogP contribution in [0.3, 0.4) is 0 Å². The van der Waals surface area contributed by atoms with Crippen LogP contribution < -0.4 is 0 Å². The summed E-state index contributed by atoms with van der Waals surface area (Å²) in [6.45, 7) is 18.7. The minimum atomic E-state index is -0.551. The average molecular weight is 663 g/mol. The Kier molecular flexibility index (Phi) is 16.0. The van der Waals surface area contributed by atoms with Crippen molar-refractivity contribution in [3.05, 3.63) is 35.9 Å². The van der Waals surface area contributed by atoms with Gasteiger partial charge in [0, 0.05) is 32.8 Å². The average Bonchev–Trinajstić information content (AvgIpc) is 3.00. The molecule has 2 amide bonds. The van der Waals surface area contributed by atoms with Crippen LogP contribution >= 0.6 is 0 Å². The first-order chi connectivity index (χ1) is 22.1. The third-order valence-electron chi connectivity index (χ3n) is 7.90. The van der Waals surface area contributed by atoms with E-state index in [4.69, 9.17) is 23.7 Å². The third-order valence-corrected chi connectivity index (χ3v) is 7.90. The molecule has 0 saturated carbocycles. The molecule has 11 heteroatoms. The second kappa shape index (κ2) is 18.9. The molecule has 0 bridgehead atoms. The molecule has 3 rings (SSSR count). The number of carbonyl (C=O) groups excluding carboxylic acids is 4. The minimum absolute atomic E-state index is 0.0800. The van der Waals surface area contributed by atoms with Crippen molar-refractivity contribution >= 4 is 24.1 Å². The second-order valence-electron chi connectivity index (χ2n) is 14.1. The van der Waals surface area contributed by atoms with E-state index in [0.717, 1.165) is 12.0 Å². The van der Waals surface area contributed by atoms with Gasteiger partial charge in [0.25, 0.3) is 0 Å². The molecule has 0 spiro atoms. The number of piperidine rings is 2. The molecule has 2 fully saturated rings. The zero-order chi connectivity index (χ0) is 35.1. The fraction of sp³-hybridized carbons (Fsp3) is 0.722. The van der Waals surface area contributed by atoms with Crippen LogP contribution in [0.1, 0.15) is 99.5 Å². The number of hydrogen-bond donors (Lipinski definition) is 0. The SMILES string of the molecule is CCOC(=O)C1(CCCOCc2ccccc2)CCN(C(=O)OC(C)(C)C)CC1.CCOC(=O)C1CCN(C(=O)OC(C)(C)C)CC1. The van der Waals surface area contributed by atoms with E-state index in [1.54, 1.807) is 16.7 Å². The number of rotatable bonds is 10. The molecular formula is C36H58N2O9. The van der Waals surface area contributed by atoms with Crippen molar-refractivity contribution in [3.63, 3.8) is 0 Å². The lowest BCUT2D eigenvalue weighted by molar-refractivity contribution is -0.159. The van der Waals surface area contributed by atoms with Gasteiger partial charge < -0.3 is 33.5 Å². The summed E-state index contributed by atoms with van der Waals surface area (Å²) >= 11 is 0. The Balaban J connectivity index is 0.000000366. The Morgan fingerprint density at radius 3 is 1.77 bits per heavy atom. The Hall–Kier alpha value is -3.34. The van der Waals surface area contributed by atoms with Gasteiger partial charge in [0.2, 0.25) is 0 Å². The molecule has 47 heavy (non-hydrogen) atoms. The molecule has 1 aromatic rings. The van der Waals surface area contributed by atoms with Gasteiger partial charge in [0.15, 0.2) is 0 Å². The maximum atomic E-state index is 12.7. The number of amides is 2. The topological polar surface area (TPSA) is 121 Å². The van der Waals surface area contributed by atoms with E-state index in [1.807, 2.05) is 78.8 Å². The van der Waals surface area contributed by atoms with Crippen LogP contribution in [0.4, 0.5) is 9.59 Å². The summed E-state index contributed by atoms with van der Waals surface area (Å²) in [7, 11) is 0. The van der Waals surface area contributed by atoms with E-state index in [-0.39, 0.29) is 30.0 Å². The first-order valence-corrected chi connectivity index (χ1v) is 17.0. The third kappa shape index (κ3) is 14.5. The molecule has 11 nitrogen and oxygen atoms in total. The molecule has 0 aromatic heterocycles. The maximum absolute atomic E-state index is 12.7. The van der Waals surface area contributed by atoms with Crippen molar-refractivity contribution in [1.82, 2.24) is 9.80 Å². The van der Waals surface area contributed by atoms with E-state index >= 15 is 0 Å². The van der Waals surface area contributed by atoms with Crippen molar-refractivity contribution in [1.29, 1.82) is 0 Å². The van der Waals surface area contributed by atoms with E-state index < -0.39 is 16.6 Å². The predicted molar refractivity (Wildman–Crippen MR) is 179 cm³/mol. The Bertz CT molecular complexity index is 1110. The van der Waals surface area contributed by atoms with Crippen LogP contribution in [-0.2, 0) is 39.9 Å². The van der Waals surface area contributed by atoms with E-state index in [9.17, 15) is 19.2 Å². The minimum Gasteiger partial charge on any atom is -0.466 e. The normalized spacial score (nSPS) is 16.8. The van der Waals surface area contributed by atoms with Crippen LogP contribution in [0.15, 0.2) is 30.3 Å². The van der Waals surface area contributed by atoms with Gasteiger partial charge in [-0.05, 0) is 99.5 Å². The highest BCUT2D eigenvalue weighted by Gasteiger charge is 2.43. The number of benzene rings is 1. The smallest absolute Gasteiger partial charge is 0.410 e. The first-order valence-electron chi connectivity index (χ1n) is 17.0. The lowest BCUT2D eigenvalue weighted by Crippen LogP contribution is -2.48. The van der Waals surface area contributed by atoms with Gasteiger partial charge in [-0.3, -0.25) is 9.59 Å². The lowest BCUT2D eigenvalue weighted by atomic mass is 9.75. The number of nitrogens with zero attached hydrogens (tertiary/aromatic N) is 2. The van der Waals surface area contributed by atoms with Crippen LogP contribution in [0.5, 0.6) is 0 Å². The van der Waals surface area contributed by atoms with Crippen LogP contribution in [0, 0.1) is 11.3 Å². The van der Waals surface area contributed by atoms with Crippen molar-refractivity contribution in [3.8, 4) is 0 Å². The summed E-state index contributed by atoms with van der Waals surface area (Å²) in [5, 5.41) is 0. The zero-order valence-electron chi connectivity index (χ0n) is 29.9. The molecule has 1 aromatic carbocycles. The summed E-state index contributed by atoms with van der Waals surface area (Å²) < 4.78 is 26.9. The molecule has 2 saturated heterocycles. The molecule has 2 aliphatic rings. The molecule has 0 aliphatic carbocycles. The largest absolute Gasteiger partial charge is 0.466 e. The van der Waals surface area contributed by atoms with Crippen molar-refractivity contribution in [2.24, 2.45) is 11.3 Å². The number of likely N-dealkylation sites (tertiary alicyclic amines) is 2. The number of ether oxygens (including phenoxy) is 5. The first kappa shape index (κ1) is 39.8. The molecular weight excluding hydrogens is 604 g/mol. The molecule has 0 N–H and O–H groups in total. The standard InChI is InChI=1S/C23H35NO5.C13H23NO4/c1-5-28-20(25)23(12-9-17-27-18-19-10-7-6-8-11-19)13-15-24(16-14-23)21(26)29-22(2,3)4;1-5-17-11(15)10-6-8-14(9-7-10)12(16)18-13(2,3)4/h6-8,10-11H,5,9,12-18H2,1-4H3;10H,5-9H2,1-4H3. The van der Waals surface area contributed by atoms with Gasteiger partial charge in [-0.25, -0.2) is 9.59 Å². The quantitative estimate of drug-likeness (QED) is 0.152. The van der Waals surface area contributed by atoms with E-state index in [2.05, 4.69) is 0 Å². The summed E-state index contributed by atoms with van der Waals surface area (Å²) in [4.78, 5) is 51.7. The van der Waals surface area contributed by atoms with Gasteiger partial charge in [-0.2, -0.15) is 0 Å². The number of carbonyl (C=O) groups is 4. The molecule has 2 heterocycles. The maximum Gasteiger partial charge on any atom is 0.410 e. The Morgan fingerprint density at radius 2 is 1.28 bits per heavy atom. The van der Waals surface area contributed by atoms with E-state index in [0.29, 0.717) is 84.7 Å². The highest BCUT2D eigenvalue weighted by Crippen LogP contribution is 2.38. The molecule has 0 atom stereocenters. The van der Waals surface area contributed by atoms with Gasteiger partial charge >= 0.3 is 24.1 Å². The van der Waals surface area contributed by atoms with Crippen molar-refractivity contribution < 1.29 is 42.9 Å². The number of esters is 2. The highest BCUT2D eigenvalue weighted by atomic mass is 16.6. The Labute approximate surface area is 281 Å². The lowest BCUT2D eigenvalue weighted by Gasteiger charge is -2.40.